The first kappa shape index (κ1) is 15.2. The molecule has 0 saturated heterocycles. The summed E-state index contributed by atoms with van der Waals surface area (Å²) < 4.78 is 6.16. The molecular formula is C11H23NOS2. The molecule has 0 aliphatic heterocycles. The molecule has 0 unspecified atom stereocenters. The van der Waals surface area contributed by atoms with Gasteiger partial charge in [0, 0.05) is 13.1 Å². The second-order valence-corrected chi connectivity index (χ2v) is 4.88. The van der Waals surface area contributed by atoms with Gasteiger partial charge in [0.1, 0.15) is 0 Å². The second-order valence-electron chi connectivity index (χ2n) is 3.45. The Morgan fingerprint density at radius 2 is 1.67 bits per heavy atom. The molecule has 0 aromatic rings. The number of rotatable bonds is 8. The molecule has 0 bridgehead atoms. The van der Waals surface area contributed by atoms with Gasteiger partial charge in [0.15, 0.2) is 4.32 Å². The number of hydrogen-bond acceptors (Lipinski definition) is 3. The van der Waals surface area contributed by atoms with Crippen molar-refractivity contribution in [3.63, 3.8) is 0 Å². The van der Waals surface area contributed by atoms with Gasteiger partial charge in [-0.05, 0) is 19.8 Å². The van der Waals surface area contributed by atoms with E-state index in [1.165, 1.54) is 37.7 Å². The number of hydrogen-bond donors (Lipinski definition) is 0. The zero-order valence-corrected chi connectivity index (χ0v) is 11.8. The molecule has 0 aromatic heterocycles. The van der Waals surface area contributed by atoms with Crippen molar-refractivity contribution in [2.24, 2.45) is 0 Å². The van der Waals surface area contributed by atoms with E-state index in [1.807, 2.05) is 6.92 Å². The first-order valence-corrected chi connectivity index (χ1v) is 6.99. The van der Waals surface area contributed by atoms with E-state index in [4.69, 9.17) is 16.4 Å². The molecule has 0 fully saturated rings. The Morgan fingerprint density at radius 3 is 2.07 bits per heavy atom. The van der Waals surface area contributed by atoms with Crippen molar-refractivity contribution < 1.29 is 4.18 Å². The molecule has 0 aliphatic rings. The molecule has 0 heterocycles. The summed E-state index contributed by atoms with van der Waals surface area (Å²) in [5.74, 6) is 0. The van der Waals surface area contributed by atoms with Gasteiger partial charge in [-0.3, -0.25) is 0 Å². The molecule has 90 valence electrons. The first-order chi connectivity index (χ1) is 7.26. The average molecular weight is 249 g/mol. The highest BCUT2D eigenvalue weighted by Gasteiger charge is 2.09. The normalized spacial score (nSPS) is 10.3. The van der Waals surface area contributed by atoms with Crippen LogP contribution in [0, 0.1) is 0 Å². The molecule has 2 nitrogen and oxygen atoms in total. The molecule has 0 aromatic carbocycles. The fourth-order valence-electron chi connectivity index (χ4n) is 1.15. The van der Waals surface area contributed by atoms with Crippen molar-refractivity contribution in [2.75, 3.05) is 19.7 Å². The van der Waals surface area contributed by atoms with E-state index < -0.39 is 0 Å². The standard InChI is InChI=1S/C11H23NOS2/c1-4-7-9-12(10-8-5-2)11(14)15-13-6-3/h4-10H2,1-3H3. The Bertz CT molecular complexity index is 157. The van der Waals surface area contributed by atoms with E-state index in [0.717, 1.165) is 17.4 Å². The molecule has 0 N–H and O–H groups in total. The Balaban J connectivity index is 3.90. The topological polar surface area (TPSA) is 12.5 Å². The molecule has 0 radical (unpaired) electrons. The Labute approximate surface area is 104 Å². The van der Waals surface area contributed by atoms with Gasteiger partial charge in [-0.2, -0.15) is 0 Å². The molecule has 0 rings (SSSR count). The third kappa shape index (κ3) is 8.05. The van der Waals surface area contributed by atoms with Crippen LogP contribution in [0.5, 0.6) is 0 Å². The maximum atomic E-state index is 5.33. The number of thiocarbonyl (C=S) groups is 1. The lowest BCUT2D eigenvalue weighted by atomic mass is 10.3. The van der Waals surface area contributed by atoms with Gasteiger partial charge in [-0.1, -0.05) is 38.9 Å². The maximum absolute atomic E-state index is 5.33. The van der Waals surface area contributed by atoms with Crippen molar-refractivity contribution in [3.8, 4) is 0 Å². The van der Waals surface area contributed by atoms with Crippen LogP contribution in [-0.4, -0.2) is 28.9 Å². The minimum atomic E-state index is 0.709. The van der Waals surface area contributed by atoms with Gasteiger partial charge in [0.05, 0.1) is 18.6 Å². The van der Waals surface area contributed by atoms with Gasteiger partial charge >= 0.3 is 0 Å². The van der Waals surface area contributed by atoms with Crippen LogP contribution in [0.2, 0.25) is 0 Å². The Morgan fingerprint density at radius 1 is 1.13 bits per heavy atom. The minimum Gasteiger partial charge on any atom is -0.356 e. The lowest BCUT2D eigenvalue weighted by molar-refractivity contribution is 0.391. The van der Waals surface area contributed by atoms with Crippen LogP contribution in [0.1, 0.15) is 46.5 Å². The van der Waals surface area contributed by atoms with Crippen molar-refractivity contribution in [2.45, 2.75) is 46.5 Å². The average Bonchev–Trinajstić information content (AvgIpc) is 2.26. The summed E-state index contributed by atoms with van der Waals surface area (Å²) in [6.07, 6.45) is 4.84. The van der Waals surface area contributed by atoms with Crippen LogP contribution in [0.3, 0.4) is 0 Å². The Hall–Kier alpha value is 0.200. The van der Waals surface area contributed by atoms with Crippen molar-refractivity contribution >= 4 is 28.6 Å². The molecule has 0 aliphatic carbocycles. The second kappa shape index (κ2) is 10.7. The van der Waals surface area contributed by atoms with E-state index in [9.17, 15) is 0 Å². The molecular weight excluding hydrogens is 226 g/mol. The summed E-state index contributed by atoms with van der Waals surface area (Å²) in [5, 5.41) is 0. The van der Waals surface area contributed by atoms with Crippen LogP contribution >= 0.6 is 24.3 Å². The van der Waals surface area contributed by atoms with Gasteiger partial charge in [-0.25, -0.2) is 0 Å². The predicted octanol–water partition coefficient (Wildman–Crippen LogP) is 3.86. The number of unbranched alkanes of at least 4 members (excludes halogenated alkanes) is 2. The maximum Gasteiger partial charge on any atom is 0.163 e. The smallest absolute Gasteiger partial charge is 0.163 e. The van der Waals surface area contributed by atoms with Crippen LogP contribution in [-0.2, 0) is 4.18 Å². The highest BCUT2D eigenvalue weighted by Crippen LogP contribution is 2.12. The summed E-state index contributed by atoms with van der Waals surface area (Å²) in [6.45, 7) is 9.23. The third-order valence-electron chi connectivity index (χ3n) is 2.07. The highest BCUT2D eigenvalue weighted by molar-refractivity contribution is 8.19. The molecule has 15 heavy (non-hydrogen) atoms. The predicted molar refractivity (Wildman–Crippen MR) is 73.2 cm³/mol. The molecule has 4 heteroatoms. The summed E-state index contributed by atoms with van der Waals surface area (Å²) in [6, 6.07) is 0. The van der Waals surface area contributed by atoms with Gasteiger partial charge in [0.2, 0.25) is 0 Å². The molecule has 0 amide bonds. The molecule has 0 spiro atoms. The fourth-order valence-corrected chi connectivity index (χ4v) is 1.99. The van der Waals surface area contributed by atoms with Crippen LogP contribution in [0.15, 0.2) is 0 Å². The zero-order chi connectivity index (χ0) is 11.5. The van der Waals surface area contributed by atoms with Crippen molar-refractivity contribution in [3.05, 3.63) is 0 Å². The lowest BCUT2D eigenvalue weighted by Gasteiger charge is -2.23. The summed E-state index contributed by atoms with van der Waals surface area (Å²) >= 11 is 6.67. The summed E-state index contributed by atoms with van der Waals surface area (Å²) in [7, 11) is 0. The van der Waals surface area contributed by atoms with E-state index in [2.05, 4.69) is 18.7 Å². The van der Waals surface area contributed by atoms with Gasteiger partial charge in [-0.15, -0.1) is 0 Å². The minimum absolute atomic E-state index is 0.709. The Kier molecular flexibility index (Phi) is 10.9. The zero-order valence-electron chi connectivity index (χ0n) is 10.1. The fraction of sp³-hybridized carbons (Fsp3) is 0.909. The van der Waals surface area contributed by atoms with Crippen LogP contribution in [0.4, 0.5) is 0 Å². The molecule has 0 saturated carbocycles. The lowest BCUT2D eigenvalue weighted by Crippen LogP contribution is -2.29. The van der Waals surface area contributed by atoms with Crippen molar-refractivity contribution in [1.82, 2.24) is 4.90 Å². The number of nitrogens with zero attached hydrogens (tertiary/aromatic N) is 1. The van der Waals surface area contributed by atoms with Crippen LogP contribution < -0.4 is 0 Å². The largest absolute Gasteiger partial charge is 0.356 e. The van der Waals surface area contributed by atoms with Crippen molar-refractivity contribution in [1.29, 1.82) is 0 Å². The van der Waals surface area contributed by atoms with E-state index in [1.54, 1.807) is 0 Å². The molecule has 0 atom stereocenters. The first-order valence-electron chi connectivity index (χ1n) is 5.84. The monoisotopic (exact) mass is 249 g/mol. The van der Waals surface area contributed by atoms with E-state index in [0.29, 0.717) is 6.61 Å². The SMILES string of the molecule is CCCCN(CCCC)C(=S)SOCC. The summed E-state index contributed by atoms with van der Waals surface area (Å²) in [5.41, 5.74) is 0. The quantitative estimate of drug-likeness (QED) is 0.478. The summed E-state index contributed by atoms with van der Waals surface area (Å²) in [4.78, 5) is 2.27. The highest BCUT2D eigenvalue weighted by atomic mass is 32.2. The third-order valence-corrected chi connectivity index (χ3v) is 3.29. The van der Waals surface area contributed by atoms with Crippen LogP contribution in [0.25, 0.3) is 0 Å². The van der Waals surface area contributed by atoms with Gasteiger partial charge in [0.25, 0.3) is 0 Å². The van der Waals surface area contributed by atoms with E-state index >= 15 is 0 Å². The van der Waals surface area contributed by atoms with Gasteiger partial charge < -0.3 is 9.08 Å². The van der Waals surface area contributed by atoms with E-state index in [-0.39, 0.29) is 0 Å².